The van der Waals surface area contributed by atoms with Crippen molar-refractivity contribution in [2.24, 2.45) is 5.10 Å². The van der Waals surface area contributed by atoms with Crippen LogP contribution in [0, 0.1) is 5.82 Å². The molecule has 1 amide bonds. The maximum Gasteiger partial charge on any atom is 0.271 e. The van der Waals surface area contributed by atoms with E-state index < -0.39 is 5.82 Å². The Morgan fingerprint density at radius 2 is 1.94 bits per heavy atom. The zero-order valence-corrected chi connectivity index (χ0v) is 17.5. The lowest BCUT2D eigenvalue weighted by molar-refractivity contribution is 0.0957. The molecule has 0 spiro atoms. The average Bonchev–Trinajstić information content (AvgIpc) is 2.81. The van der Waals surface area contributed by atoms with Crippen molar-refractivity contribution in [1.29, 1.82) is 0 Å². The highest BCUT2D eigenvalue weighted by Crippen LogP contribution is 2.32. The van der Waals surface area contributed by atoms with Gasteiger partial charge in [0.15, 0.2) is 11.5 Å². The van der Waals surface area contributed by atoms with Gasteiger partial charge in [0.2, 0.25) is 11.1 Å². The number of nitrogens with one attached hydrogen (secondary N) is 1. The summed E-state index contributed by atoms with van der Waals surface area (Å²) in [6.07, 6.45) is 2.37. The highest BCUT2D eigenvalue weighted by Gasteiger charge is 2.13. The molecule has 1 N–H and O–H groups in total. The zero-order chi connectivity index (χ0) is 22.5. The predicted molar refractivity (Wildman–Crippen MR) is 119 cm³/mol. The summed E-state index contributed by atoms with van der Waals surface area (Å²) in [4.78, 5) is 19.8. The third-order valence-electron chi connectivity index (χ3n) is 4.49. The first kappa shape index (κ1) is 21.2. The van der Waals surface area contributed by atoms with E-state index in [1.165, 1.54) is 13.3 Å². The van der Waals surface area contributed by atoms with E-state index in [4.69, 9.17) is 21.1 Å². The van der Waals surface area contributed by atoms with Crippen molar-refractivity contribution in [2.45, 2.75) is 0 Å². The van der Waals surface area contributed by atoms with Crippen LogP contribution in [0.25, 0.3) is 10.8 Å². The van der Waals surface area contributed by atoms with Gasteiger partial charge in [-0.25, -0.2) is 10.4 Å². The van der Waals surface area contributed by atoms with Crippen molar-refractivity contribution in [3.63, 3.8) is 0 Å². The molecule has 4 rings (SSSR count). The van der Waals surface area contributed by atoms with Crippen molar-refractivity contribution in [2.75, 3.05) is 7.11 Å². The SMILES string of the molecule is COc1cc(/C=N/NC(=O)c2cccc3ccccc23)ccc1Oc1nc(Cl)ncc1F. The molecule has 4 aromatic rings. The lowest BCUT2D eigenvalue weighted by Crippen LogP contribution is -2.17. The molecular formula is C23H16ClFN4O3. The molecule has 160 valence electrons. The van der Waals surface area contributed by atoms with Crippen LogP contribution in [0.5, 0.6) is 17.4 Å². The summed E-state index contributed by atoms with van der Waals surface area (Å²) in [5, 5.41) is 5.67. The van der Waals surface area contributed by atoms with Crippen molar-refractivity contribution in [3.05, 3.63) is 89.1 Å². The summed E-state index contributed by atoms with van der Waals surface area (Å²) < 4.78 is 24.6. The molecule has 0 aliphatic heterocycles. The number of hydrogen-bond acceptors (Lipinski definition) is 6. The summed E-state index contributed by atoms with van der Waals surface area (Å²) in [6.45, 7) is 0. The predicted octanol–water partition coefficient (Wildman–Crippen LogP) is 4.99. The highest BCUT2D eigenvalue weighted by atomic mass is 35.5. The maximum atomic E-state index is 13.8. The van der Waals surface area contributed by atoms with E-state index in [9.17, 15) is 9.18 Å². The molecule has 3 aromatic carbocycles. The third-order valence-corrected chi connectivity index (χ3v) is 4.67. The van der Waals surface area contributed by atoms with E-state index in [1.807, 2.05) is 36.4 Å². The van der Waals surface area contributed by atoms with Crippen LogP contribution in [0.1, 0.15) is 15.9 Å². The van der Waals surface area contributed by atoms with Crippen LogP contribution >= 0.6 is 11.6 Å². The van der Waals surface area contributed by atoms with Gasteiger partial charge in [-0.1, -0.05) is 36.4 Å². The number of amides is 1. The van der Waals surface area contributed by atoms with Gasteiger partial charge in [0.25, 0.3) is 11.8 Å². The van der Waals surface area contributed by atoms with E-state index >= 15 is 0 Å². The fourth-order valence-corrected chi connectivity index (χ4v) is 3.13. The number of methoxy groups -OCH3 is 1. The topological polar surface area (TPSA) is 85.7 Å². The lowest BCUT2D eigenvalue weighted by Gasteiger charge is -2.10. The first-order chi connectivity index (χ1) is 15.5. The molecule has 0 atom stereocenters. The smallest absolute Gasteiger partial charge is 0.271 e. The van der Waals surface area contributed by atoms with E-state index in [1.54, 1.807) is 24.3 Å². The lowest BCUT2D eigenvalue weighted by atomic mass is 10.0. The molecule has 1 heterocycles. The Kier molecular flexibility index (Phi) is 6.23. The number of fused-ring (bicyclic) bond motifs is 1. The Morgan fingerprint density at radius 3 is 2.78 bits per heavy atom. The van der Waals surface area contributed by atoms with Crippen LogP contribution in [-0.2, 0) is 0 Å². The number of aromatic nitrogens is 2. The van der Waals surface area contributed by atoms with Crippen LogP contribution in [0.2, 0.25) is 5.28 Å². The number of benzene rings is 3. The van der Waals surface area contributed by atoms with Gasteiger partial charge in [-0.2, -0.15) is 14.5 Å². The standard InChI is InChI=1S/C23H16ClFN4O3/c1-31-20-11-14(9-10-19(20)32-22-18(25)13-26-23(24)28-22)12-27-29-21(30)17-8-4-6-15-5-2-3-7-16(15)17/h2-13H,1H3,(H,29,30)/b27-12+. The number of nitrogens with zero attached hydrogens (tertiary/aromatic N) is 3. The monoisotopic (exact) mass is 450 g/mol. The van der Waals surface area contributed by atoms with Crippen LogP contribution < -0.4 is 14.9 Å². The number of hydrazone groups is 1. The molecule has 1 aromatic heterocycles. The minimum Gasteiger partial charge on any atom is -0.493 e. The summed E-state index contributed by atoms with van der Waals surface area (Å²) in [5.41, 5.74) is 3.66. The Labute approximate surface area is 187 Å². The summed E-state index contributed by atoms with van der Waals surface area (Å²) in [6, 6.07) is 17.9. The van der Waals surface area contributed by atoms with Crippen LogP contribution in [0.3, 0.4) is 0 Å². The Bertz CT molecular complexity index is 1320. The maximum absolute atomic E-state index is 13.8. The van der Waals surface area contributed by atoms with Gasteiger partial charge < -0.3 is 9.47 Å². The molecule has 0 saturated heterocycles. The second-order valence-electron chi connectivity index (χ2n) is 6.53. The van der Waals surface area contributed by atoms with Gasteiger partial charge in [-0.05, 0) is 52.2 Å². The van der Waals surface area contributed by atoms with Gasteiger partial charge in [-0.15, -0.1) is 0 Å². The largest absolute Gasteiger partial charge is 0.493 e. The third kappa shape index (κ3) is 4.65. The number of hydrogen-bond donors (Lipinski definition) is 1. The molecule has 0 aliphatic rings. The summed E-state index contributed by atoms with van der Waals surface area (Å²) >= 11 is 5.69. The van der Waals surface area contributed by atoms with Crippen molar-refractivity contribution in [1.82, 2.24) is 15.4 Å². The first-order valence-corrected chi connectivity index (χ1v) is 9.78. The molecule has 0 bridgehead atoms. The molecular weight excluding hydrogens is 435 g/mol. The van der Waals surface area contributed by atoms with Gasteiger partial charge in [0.05, 0.1) is 19.5 Å². The minimum atomic E-state index is -0.766. The van der Waals surface area contributed by atoms with Crippen molar-refractivity contribution in [3.8, 4) is 17.4 Å². The highest BCUT2D eigenvalue weighted by molar-refractivity contribution is 6.28. The summed E-state index contributed by atoms with van der Waals surface area (Å²) in [5.74, 6) is -0.895. The molecule has 0 unspecified atom stereocenters. The number of halogens is 2. The first-order valence-electron chi connectivity index (χ1n) is 9.40. The van der Waals surface area contributed by atoms with Crippen LogP contribution in [0.15, 0.2) is 72.0 Å². The molecule has 9 heteroatoms. The van der Waals surface area contributed by atoms with E-state index in [-0.39, 0.29) is 22.8 Å². The second kappa shape index (κ2) is 9.40. The quantitative estimate of drug-likeness (QED) is 0.254. The average molecular weight is 451 g/mol. The fraction of sp³-hybridized carbons (Fsp3) is 0.0435. The van der Waals surface area contributed by atoms with Gasteiger partial charge in [-0.3, -0.25) is 4.79 Å². The van der Waals surface area contributed by atoms with E-state index in [0.29, 0.717) is 16.9 Å². The molecule has 32 heavy (non-hydrogen) atoms. The van der Waals surface area contributed by atoms with Gasteiger partial charge >= 0.3 is 0 Å². The Morgan fingerprint density at radius 1 is 1.12 bits per heavy atom. The van der Waals surface area contributed by atoms with Crippen molar-refractivity contribution >= 4 is 34.5 Å². The molecule has 0 saturated carbocycles. The van der Waals surface area contributed by atoms with Crippen LogP contribution in [0.4, 0.5) is 4.39 Å². The van der Waals surface area contributed by atoms with Gasteiger partial charge in [0, 0.05) is 5.56 Å². The normalized spacial score (nSPS) is 11.0. The molecule has 0 fully saturated rings. The summed E-state index contributed by atoms with van der Waals surface area (Å²) in [7, 11) is 1.44. The second-order valence-corrected chi connectivity index (χ2v) is 6.87. The fourth-order valence-electron chi connectivity index (χ4n) is 3.00. The number of carbonyl (C=O) groups is 1. The Hall–Kier alpha value is -4.04. The molecule has 7 nitrogen and oxygen atoms in total. The van der Waals surface area contributed by atoms with E-state index in [2.05, 4.69) is 20.5 Å². The molecule has 0 radical (unpaired) electrons. The van der Waals surface area contributed by atoms with Crippen LogP contribution in [-0.4, -0.2) is 29.2 Å². The molecule has 0 aliphatic carbocycles. The van der Waals surface area contributed by atoms with E-state index in [0.717, 1.165) is 17.0 Å². The number of carbonyl (C=O) groups excluding carboxylic acids is 1. The minimum absolute atomic E-state index is 0.147. The number of ether oxygens (including phenoxy) is 2. The van der Waals surface area contributed by atoms with Gasteiger partial charge in [0.1, 0.15) is 0 Å². The zero-order valence-electron chi connectivity index (χ0n) is 16.8. The Balaban J connectivity index is 1.49. The number of rotatable bonds is 6. The van der Waals surface area contributed by atoms with Crippen molar-refractivity contribution < 1.29 is 18.7 Å².